The third kappa shape index (κ3) is 5.25. The van der Waals surface area contributed by atoms with Gasteiger partial charge in [-0.15, -0.1) is 0 Å². The Bertz CT molecular complexity index is 897. The number of anilines is 1. The van der Waals surface area contributed by atoms with E-state index in [0.29, 0.717) is 37.1 Å². The first kappa shape index (κ1) is 19.7. The molecular formula is C17H20N4O4S2. The fourth-order valence-electron chi connectivity index (χ4n) is 2.47. The van der Waals surface area contributed by atoms with Crippen molar-refractivity contribution in [1.29, 1.82) is 0 Å². The van der Waals surface area contributed by atoms with Crippen molar-refractivity contribution in [2.24, 2.45) is 0 Å². The monoisotopic (exact) mass is 408 g/mol. The van der Waals surface area contributed by atoms with E-state index < -0.39 is 10.0 Å². The normalized spacial score (nSPS) is 15.4. The molecule has 8 nitrogen and oxygen atoms in total. The highest BCUT2D eigenvalue weighted by Crippen LogP contribution is 2.20. The molecule has 1 N–H and O–H groups in total. The average molecular weight is 409 g/mol. The first-order valence-electron chi connectivity index (χ1n) is 8.35. The van der Waals surface area contributed by atoms with E-state index in [9.17, 15) is 13.2 Å². The van der Waals surface area contributed by atoms with Crippen LogP contribution < -0.4 is 5.32 Å². The van der Waals surface area contributed by atoms with Crippen LogP contribution in [0.2, 0.25) is 0 Å². The first-order valence-corrected chi connectivity index (χ1v) is 10.8. The van der Waals surface area contributed by atoms with Gasteiger partial charge in [0, 0.05) is 30.7 Å². The molecule has 1 aliphatic heterocycles. The summed E-state index contributed by atoms with van der Waals surface area (Å²) in [6.07, 6.45) is 1.65. The van der Waals surface area contributed by atoms with Gasteiger partial charge < -0.3 is 10.1 Å². The summed E-state index contributed by atoms with van der Waals surface area (Å²) in [5, 5.41) is 3.28. The van der Waals surface area contributed by atoms with Crippen LogP contribution in [0.4, 0.5) is 5.69 Å². The lowest BCUT2D eigenvalue weighted by atomic mass is 10.3. The van der Waals surface area contributed by atoms with Gasteiger partial charge in [-0.1, -0.05) is 11.8 Å². The predicted molar refractivity (Wildman–Crippen MR) is 102 cm³/mol. The maximum Gasteiger partial charge on any atom is 0.243 e. The van der Waals surface area contributed by atoms with Crippen molar-refractivity contribution < 1.29 is 17.9 Å². The van der Waals surface area contributed by atoms with Crippen molar-refractivity contribution in [2.75, 3.05) is 37.4 Å². The number of sulfonamides is 1. The van der Waals surface area contributed by atoms with Crippen LogP contribution in [0.15, 0.2) is 46.6 Å². The predicted octanol–water partition coefficient (Wildman–Crippen LogP) is 1.54. The van der Waals surface area contributed by atoms with Gasteiger partial charge in [-0.2, -0.15) is 4.31 Å². The van der Waals surface area contributed by atoms with Crippen LogP contribution in [0.1, 0.15) is 5.69 Å². The van der Waals surface area contributed by atoms with Gasteiger partial charge in [-0.3, -0.25) is 4.79 Å². The Balaban J connectivity index is 1.57. The van der Waals surface area contributed by atoms with E-state index >= 15 is 0 Å². The topological polar surface area (TPSA) is 101 Å². The summed E-state index contributed by atoms with van der Waals surface area (Å²) in [5.41, 5.74) is 1.37. The number of rotatable bonds is 6. The van der Waals surface area contributed by atoms with E-state index in [2.05, 4.69) is 15.3 Å². The molecule has 1 saturated heterocycles. The first-order chi connectivity index (χ1) is 12.9. The molecule has 0 spiro atoms. The number of morpholine rings is 1. The summed E-state index contributed by atoms with van der Waals surface area (Å²) in [6.45, 7) is 3.35. The van der Waals surface area contributed by atoms with E-state index in [1.54, 1.807) is 24.4 Å². The molecule has 1 aromatic carbocycles. The number of nitrogens with zero attached hydrogens (tertiary/aromatic N) is 3. The van der Waals surface area contributed by atoms with Gasteiger partial charge in [-0.25, -0.2) is 18.4 Å². The largest absolute Gasteiger partial charge is 0.379 e. The average Bonchev–Trinajstić information content (AvgIpc) is 2.68. The molecule has 1 fully saturated rings. The minimum Gasteiger partial charge on any atom is -0.379 e. The lowest BCUT2D eigenvalue weighted by Gasteiger charge is -2.26. The standard InChI is InChI=1S/C17H20N4O4S2/c1-13-6-7-18-17(19-13)26-12-16(22)20-14-2-4-15(5-3-14)27(23,24)21-8-10-25-11-9-21/h2-7H,8-12H2,1H3,(H,20,22). The summed E-state index contributed by atoms with van der Waals surface area (Å²) < 4.78 is 31.7. The van der Waals surface area contributed by atoms with Crippen molar-refractivity contribution >= 4 is 33.4 Å². The van der Waals surface area contributed by atoms with Crippen LogP contribution in [0.5, 0.6) is 0 Å². The van der Waals surface area contributed by atoms with E-state index in [4.69, 9.17) is 4.74 Å². The maximum absolute atomic E-state index is 12.6. The SMILES string of the molecule is Cc1ccnc(SCC(=O)Nc2ccc(S(=O)(=O)N3CCOCC3)cc2)n1. The van der Waals surface area contributed by atoms with Gasteiger partial charge in [-0.05, 0) is 37.3 Å². The molecule has 0 aliphatic carbocycles. The maximum atomic E-state index is 12.6. The Morgan fingerprint density at radius 1 is 1.22 bits per heavy atom. The van der Waals surface area contributed by atoms with E-state index in [-0.39, 0.29) is 16.6 Å². The van der Waals surface area contributed by atoms with Gasteiger partial charge in [0.15, 0.2) is 5.16 Å². The Morgan fingerprint density at radius 2 is 1.93 bits per heavy atom. The Hall–Kier alpha value is -2.01. The summed E-state index contributed by atoms with van der Waals surface area (Å²) in [4.78, 5) is 20.6. The minimum atomic E-state index is -3.54. The number of aryl methyl sites for hydroxylation is 1. The lowest BCUT2D eigenvalue weighted by Crippen LogP contribution is -2.40. The van der Waals surface area contributed by atoms with Gasteiger partial charge >= 0.3 is 0 Å². The molecule has 144 valence electrons. The molecule has 0 saturated carbocycles. The molecule has 27 heavy (non-hydrogen) atoms. The lowest BCUT2D eigenvalue weighted by molar-refractivity contribution is -0.113. The van der Waals surface area contributed by atoms with E-state index in [1.165, 1.54) is 28.2 Å². The van der Waals surface area contributed by atoms with Gasteiger partial charge in [0.1, 0.15) is 0 Å². The highest BCUT2D eigenvalue weighted by atomic mass is 32.2. The second-order valence-corrected chi connectivity index (χ2v) is 8.74. The highest BCUT2D eigenvalue weighted by Gasteiger charge is 2.26. The zero-order valence-electron chi connectivity index (χ0n) is 14.8. The molecule has 0 radical (unpaired) electrons. The third-order valence-electron chi connectivity index (χ3n) is 3.85. The van der Waals surface area contributed by atoms with Crippen LogP contribution in [0, 0.1) is 6.92 Å². The Labute approximate surface area is 162 Å². The fraction of sp³-hybridized carbons (Fsp3) is 0.353. The van der Waals surface area contributed by atoms with Crippen LogP contribution in [0.3, 0.4) is 0 Å². The number of aromatic nitrogens is 2. The molecule has 2 heterocycles. The quantitative estimate of drug-likeness (QED) is 0.571. The summed E-state index contributed by atoms with van der Waals surface area (Å²) in [6, 6.07) is 7.95. The number of carbonyl (C=O) groups is 1. The number of nitrogens with one attached hydrogen (secondary N) is 1. The smallest absolute Gasteiger partial charge is 0.243 e. The second-order valence-electron chi connectivity index (χ2n) is 5.86. The second kappa shape index (κ2) is 8.79. The molecular weight excluding hydrogens is 388 g/mol. The van der Waals surface area contributed by atoms with Crippen molar-refractivity contribution in [3.63, 3.8) is 0 Å². The number of ether oxygens (including phenoxy) is 1. The molecule has 1 aliphatic rings. The number of hydrogen-bond donors (Lipinski definition) is 1. The number of benzene rings is 1. The van der Waals surface area contributed by atoms with Gasteiger partial charge in [0.05, 0.1) is 23.9 Å². The Morgan fingerprint density at radius 3 is 2.59 bits per heavy atom. The molecule has 3 rings (SSSR count). The van der Waals surface area contributed by atoms with Crippen LogP contribution >= 0.6 is 11.8 Å². The van der Waals surface area contributed by atoms with E-state index in [1.807, 2.05) is 6.92 Å². The van der Waals surface area contributed by atoms with Crippen molar-refractivity contribution in [1.82, 2.24) is 14.3 Å². The number of carbonyl (C=O) groups excluding carboxylic acids is 1. The zero-order chi connectivity index (χ0) is 19.3. The zero-order valence-corrected chi connectivity index (χ0v) is 16.4. The molecule has 0 atom stereocenters. The summed E-state index contributed by atoms with van der Waals surface area (Å²) >= 11 is 1.24. The molecule has 0 unspecified atom stereocenters. The molecule has 2 aromatic rings. The van der Waals surface area contributed by atoms with Gasteiger partial charge in [0.25, 0.3) is 0 Å². The number of hydrogen-bond acceptors (Lipinski definition) is 7. The van der Waals surface area contributed by atoms with Crippen molar-refractivity contribution in [2.45, 2.75) is 17.0 Å². The minimum absolute atomic E-state index is 0.164. The molecule has 1 amide bonds. The van der Waals surface area contributed by atoms with Crippen LogP contribution in [0.25, 0.3) is 0 Å². The summed E-state index contributed by atoms with van der Waals surface area (Å²) in [7, 11) is -3.54. The van der Waals surface area contributed by atoms with Crippen molar-refractivity contribution in [3.8, 4) is 0 Å². The third-order valence-corrected chi connectivity index (χ3v) is 6.63. The van der Waals surface area contributed by atoms with Crippen molar-refractivity contribution in [3.05, 3.63) is 42.2 Å². The number of amides is 1. The van der Waals surface area contributed by atoms with Gasteiger partial charge in [0.2, 0.25) is 15.9 Å². The van der Waals surface area contributed by atoms with Crippen LogP contribution in [-0.2, 0) is 19.6 Å². The molecule has 10 heteroatoms. The summed E-state index contributed by atoms with van der Waals surface area (Å²) in [5.74, 6) is -0.0500. The fourth-order valence-corrected chi connectivity index (χ4v) is 4.55. The molecule has 1 aromatic heterocycles. The molecule has 0 bridgehead atoms. The van der Waals surface area contributed by atoms with E-state index in [0.717, 1.165) is 5.69 Å². The Kier molecular flexibility index (Phi) is 6.42. The number of thioether (sulfide) groups is 1. The highest BCUT2D eigenvalue weighted by molar-refractivity contribution is 7.99. The van der Waals surface area contributed by atoms with Crippen LogP contribution in [-0.4, -0.2) is 60.7 Å².